The minimum Gasteiger partial charge on any atom is -0.482 e. The first-order chi connectivity index (χ1) is 12.5. The predicted molar refractivity (Wildman–Crippen MR) is 96.6 cm³/mol. The maximum Gasteiger partial charge on any atom is 0.341 e. The fourth-order valence-electron chi connectivity index (χ4n) is 2.86. The number of carbonyl (C=O) groups is 3. The lowest BCUT2D eigenvalue weighted by Crippen LogP contribution is -2.42. The molecule has 136 valence electrons. The van der Waals surface area contributed by atoms with Crippen LogP contribution in [0.3, 0.4) is 0 Å². The molecule has 0 radical (unpaired) electrons. The molecule has 1 fully saturated rings. The molecule has 2 aromatic rings. The fourth-order valence-corrected chi connectivity index (χ4v) is 3.54. The van der Waals surface area contributed by atoms with E-state index in [0.29, 0.717) is 29.3 Å². The zero-order valence-electron chi connectivity index (χ0n) is 13.9. The van der Waals surface area contributed by atoms with Gasteiger partial charge < -0.3 is 20.1 Å². The first-order valence-electron chi connectivity index (χ1n) is 8.14. The van der Waals surface area contributed by atoms with E-state index in [1.807, 2.05) is 11.4 Å². The van der Waals surface area contributed by atoms with Gasteiger partial charge >= 0.3 is 5.97 Å². The van der Waals surface area contributed by atoms with Crippen molar-refractivity contribution in [1.29, 1.82) is 0 Å². The Morgan fingerprint density at radius 3 is 2.85 bits per heavy atom. The van der Waals surface area contributed by atoms with Crippen molar-refractivity contribution in [2.24, 2.45) is 0 Å². The molecule has 1 aromatic carbocycles. The molecule has 0 aliphatic carbocycles. The van der Waals surface area contributed by atoms with Crippen LogP contribution in [0.2, 0.25) is 0 Å². The topological polar surface area (TPSA) is 95.9 Å². The minimum absolute atomic E-state index is 0.129. The summed E-state index contributed by atoms with van der Waals surface area (Å²) >= 11 is 1.36. The summed E-state index contributed by atoms with van der Waals surface area (Å²) in [6, 6.07) is 9.56. The lowest BCUT2D eigenvalue weighted by Gasteiger charge is -2.23. The smallest absolute Gasteiger partial charge is 0.341 e. The maximum absolute atomic E-state index is 12.6. The average Bonchev–Trinajstić information content (AvgIpc) is 3.31. The number of hydrogen-bond donors (Lipinski definition) is 2. The third-order valence-corrected chi connectivity index (χ3v) is 4.87. The molecule has 1 unspecified atom stereocenters. The van der Waals surface area contributed by atoms with Crippen LogP contribution in [0.25, 0.3) is 0 Å². The molecule has 2 N–H and O–H groups in total. The van der Waals surface area contributed by atoms with Gasteiger partial charge in [0.15, 0.2) is 6.61 Å². The molecule has 0 saturated carbocycles. The molecule has 1 saturated heterocycles. The number of carboxylic acid groups (broad SMARTS) is 1. The van der Waals surface area contributed by atoms with E-state index in [2.05, 4.69) is 5.32 Å². The maximum atomic E-state index is 12.6. The highest BCUT2D eigenvalue weighted by molar-refractivity contribution is 7.12. The van der Waals surface area contributed by atoms with E-state index in [1.54, 1.807) is 35.2 Å². The largest absolute Gasteiger partial charge is 0.482 e. The van der Waals surface area contributed by atoms with E-state index in [4.69, 9.17) is 9.84 Å². The molecule has 2 heterocycles. The Morgan fingerprint density at radius 1 is 1.27 bits per heavy atom. The third kappa shape index (κ3) is 4.20. The third-order valence-electron chi connectivity index (χ3n) is 4.01. The summed E-state index contributed by atoms with van der Waals surface area (Å²) in [4.78, 5) is 38.0. The summed E-state index contributed by atoms with van der Waals surface area (Å²) in [7, 11) is 0. The summed E-state index contributed by atoms with van der Waals surface area (Å²) in [5.41, 5.74) is 0.494. The van der Waals surface area contributed by atoms with E-state index in [1.165, 1.54) is 11.3 Å². The highest BCUT2D eigenvalue weighted by atomic mass is 32.1. The van der Waals surface area contributed by atoms with Crippen molar-refractivity contribution in [2.45, 2.75) is 18.9 Å². The molecule has 0 spiro atoms. The van der Waals surface area contributed by atoms with Gasteiger partial charge in [-0.05, 0) is 36.4 Å². The van der Waals surface area contributed by atoms with Crippen LogP contribution in [0, 0.1) is 0 Å². The SMILES string of the molecule is O=C(O)COc1cccc(NC(=O)C2CCCN2C(=O)c2cccs2)c1. The van der Waals surface area contributed by atoms with Gasteiger partial charge in [0.05, 0.1) is 4.88 Å². The number of anilines is 1. The average molecular weight is 374 g/mol. The number of rotatable bonds is 6. The molecule has 1 aromatic heterocycles. The molecule has 8 heteroatoms. The normalized spacial score (nSPS) is 16.3. The summed E-state index contributed by atoms with van der Waals surface area (Å²) < 4.78 is 5.11. The molecule has 7 nitrogen and oxygen atoms in total. The van der Waals surface area contributed by atoms with E-state index < -0.39 is 18.6 Å². The van der Waals surface area contributed by atoms with Gasteiger partial charge in [-0.25, -0.2) is 4.79 Å². The number of likely N-dealkylation sites (tertiary alicyclic amines) is 1. The predicted octanol–water partition coefficient (Wildman–Crippen LogP) is 2.45. The van der Waals surface area contributed by atoms with Crippen LogP contribution in [0.5, 0.6) is 5.75 Å². The van der Waals surface area contributed by atoms with E-state index in [0.717, 1.165) is 6.42 Å². The Bertz CT molecular complexity index is 806. The molecule has 1 aliphatic heterocycles. The van der Waals surface area contributed by atoms with Crippen LogP contribution in [-0.2, 0) is 9.59 Å². The van der Waals surface area contributed by atoms with Crippen LogP contribution < -0.4 is 10.1 Å². The van der Waals surface area contributed by atoms with Gasteiger partial charge in [-0.2, -0.15) is 0 Å². The first-order valence-corrected chi connectivity index (χ1v) is 9.02. The summed E-state index contributed by atoms with van der Waals surface area (Å²) in [5.74, 6) is -1.12. The molecule has 2 amide bonds. The highest BCUT2D eigenvalue weighted by Crippen LogP contribution is 2.24. The van der Waals surface area contributed by atoms with Gasteiger partial charge in [0.25, 0.3) is 5.91 Å². The van der Waals surface area contributed by atoms with E-state index in [9.17, 15) is 14.4 Å². The zero-order chi connectivity index (χ0) is 18.5. The van der Waals surface area contributed by atoms with Crippen molar-refractivity contribution in [2.75, 3.05) is 18.5 Å². The fraction of sp³-hybridized carbons (Fsp3) is 0.278. The Kier molecular flexibility index (Phi) is 5.52. The monoisotopic (exact) mass is 374 g/mol. The quantitative estimate of drug-likeness (QED) is 0.810. The highest BCUT2D eigenvalue weighted by Gasteiger charge is 2.34. The second-order valence-corrected chi connectivity index (χ2v) is 6.78. The Balaban J connectivity index is 1.66. The van der Waals surface area contributed by atoms with Gasteiger partial charge in [0.1, 0.15) is 11.8 Å². The molecule has 0 bridgehead atoms. The van der Waals surface area contributed by atoms with Crippen LogP contribution >= 0.6 is 11.3 Å². The van der Waals surface area contributed by atoms with E-state index in [-0.39, 0.29) is 11.8 Å². The number of thiophene rings is 1. The van der Waals surface area contributed by atoms with Crippen molar-refractivity contribution >= 4 is 34.8 Å². The number of benzene rings is 1. The molecular formula is C18H18N2O5S. The standard InChI is InChI=1S/C18H18N2O5S/c21-16(22)11-25-13-5-1-4-12(10-13)19-17(23)14-6-2-8-20(14)18(24)15-7-3-9-26-15/h1,3-5,7,9-10,14H,2,6,8,11H2,(H,19,23)(H,21,22). The number of carbonyl (C=O) groups excluding carboxylic acids is 2. The Hall–Kier alpha value is -2.87. The van der Waals surface area contributed by atoms with Crippen molar-refractivity contribution in [3.05, 3.63) is 46.7 Å². The summed E-state index contributed by atoms with van der Waals surface area (Å²) in [5, 5.41) is 13.3. The van der Waals surface area contributed by atoms with Gasteiger partial charge in [-0.15, -0.1) is 11.3 Å². The van der Waals surface area contributed by atoms with Crippen molar-refractivity contribution < 1.29 is 24.2 Å². The van der Waals surface area contributed by atoms with Crippen molar-refractivity contribution in [1.82, 2.24) is 4.90 Å². The lowest BCUT2D eigenvalue weighted by atomic mass is 10.2. The Labute approximate surface area is 154 Å². The van der Waals surface area contributed by atoms with Crippen molar-refractivity contribution in [3.63, 3.8) is 0 Å². The van der Waals surface area contributed by atoms with Gasteiger partial charge in [0.2, 0.25) is 5.91 Å². The lowest BCUT2D eigenvalue weighted by molar-refractivity contribution is -0.139. The van der Waals surface area contributed by atoms with Gasteiger partial charge in [-0.3, -0.25) is 9.59 Å². The first kappa shape index (κ1) is 17.9. The second kappa shape index (κ2) is 8.01. The number of amides is 2. The molecule has 3 rings (SSSR count). The molecule has 1 atom stereocenters. The zero-order valence-corrected chi connectivity index (χ0v) is 14.7. The number of carboxylic acids is 1. The number of nitrogens with zero attached hydrogens (tertiary/aromatic N) is 1. The molecule has 1 aliphatic rings. The van der Waals surface area contributed by atoms with Gasteiger partial charge in [-0.1, -0.05) is 12.1 Å². The summed E-state index contributed by atoms with van der Waals surface area (Å²) in [6.07, 6.45) is 1.38. The number of nitrogens with one attached hydrogen (secondary N) is 1. The van der Waals surface area contributed by atoms with Crippen LogP contribution in [-0.4, -0.2) is 47.0 Å². The van der Waals surface area contributed by atoms with Crippen LogP contribution in [0.1, 0.15) is 22.5 Å². The Morgan fingerprint density at radius 2 is 2.12 bits per heavy atom. The second-order valence-electron chi connectivity index (χ2n) is 5.83. The van der Waals surface area contributed by atoms with Gasteiger partial charge in [0, 0.05) is 18.3 Å². The number of ether oxygens (including phenoxy) is 1. The van der Waals surface area contributed by atoms with Crippen LogP contribution in [0.4, 0.5) is 5.69 Å². The number of aliphatic carboxylic acids is 1. The minimum atomic E-state index is -1.08. The molecule has 26 heavy (non-hydrogen) atoms. The van der Waals surface area contributed by atoms with E-state index >= 15 is 0 Å². The summed E-state index contributed by atoms with van der Waals surface area (Å²) in [6.45, 7) is 0.0969. The van der Waals surface area contributed by atoms with Crippen LogP contribution in [0.15, 0.2) is 41.8 Å². The van der Waals surface area contributed by atoms with Crippen molar-refractivity contribution in [3.8, 4) is 5.75 Å². The number of hydrogen-bond acceptors (Lipinski definition) is 5. The molecular weight excluding hydrogens is 356 g/mol.